The van der Waals surface area contributed by atoms with Crippen LogP contribution in [0, 0.1) is 0 Å². The van der Waals surface area contributed by atoms with Crippen LogP contribution in [-0.4, -0.2) is 11.4 Å². The summed E-state index contributed by atoms with van der Waals surface area (Å²) in [4.78, 5) is 2.72. The van der Waals surface area contributed by atoms with Crippen LogP contribution in [0.4, 0.5) is 11.4 Å². The summed E-state index contributed by atoms with van der Waals surface area (Å²) in [5.74, 6) is 0. The maximum absolute atomic E-state index is 7.50. The van der Waals surface area contributed by atoms with Crippen molar-refractivity contribution in [2.45, 2.75) is 96.8 Å². The highest BCUT2D eigenvalue weighted by Gasteiger charge is 2.49. The van der Waals surface area contributed by atoms with Crippen LogP contribution in [0.5, 0.6) is 0 Å². The van der Waals surface area contributed by atoms with Gasteiger partial charge in [-0.05, 0) is 146 Å². The number of fused-ring (bicyclic) bond motifs is 24. The summed E-state index contributed by atoms with van der Waals surface area (Å²) in [6, 6.07) is 56.0. The Hall–Kier alpha value is -7.54. The SMILES string of the molecule is CC(C)(C)c1ccc(N2B3c4cc5c(cc4-n4c6ccc7c8ccccc8oc7c6c6c7c(oc8ccccc87)c(c3c64)-c3cc4c(cc32)sc2cc3c(cc24)C(C)(C)CCC3(C)C)-c2ccccc2C5(C)C)cc1. The fourth-order valence-electron chi connectivity index (χ4n) is 15.0. The number of hydrogen-bond donors (Lipinski definition) is 0. The molecule has 0 spiro atoms. The molecule has 4 nitrogen and oxygen atoms in total. The molecule has 6 heteroatoms. The smallest absolute Gasteiger partial charge is 0.333 e. The highest BCUT2D eigenvalue weighted by molar-refractivity contribution is 7.26. The molecular weight excluding hydrogens is 932 g/mol. The minimum atomic E-state index is -0.211. The maximum Gasteiger partial charge on any atom is 0.333 e. The second kappa shape index (κ2) is 13.6. The predicted octanol–water partition coefficient (Wildman–Crippen LogP) is 18.1. The van der Waals surface area contributed by atoms with E-state index in [-0.39, 0.29) is 28.5 Å². The Morgan fingerprint density at radius 1 is 0.520 bits per heavy atom. The molecule has 4 aromatic heterocycles. The lowest BCUT2D eigenvalue weighted by molar-refractivity contribution is 0.332. The molecule has 4 aliphatic rings. The molecule has 0 N–H and O–H groups in total. The minimum absolute atomic E-state index is 0.00294. The number of aromatic nitrogens is 1. The second-order valence-electron chi connectivity index (χ2n) is 25.4. The average Bonchev–Trinajstić information content (AvgIpc) is 4.42. The topological polar surface area (TPSA) is 34.5 Å². The van der Waals surface area contributed by atoms with E-state index in [0.717, 1.165) is 54.8 Å². The molecule has 6 heterocycles. The standard InChI is InChI=1S/C69H55BN2O2S/c1-66(2,3)36-22-24-37(25-23-36)72-52-35-57-43(44-31-48-49(34-56(44)75-57)68(6,7)29-28-67(48,4)5)30-45(52)59-62-63-61(58-41-18-12-15-21-55(41)74-65(58)59)60-51(27-26-40-39-17-11-14-20-54(39)73-64(40)60)71(63)53-32-42-38-16-10-13-19-46(38)69(8,9)47(42)33-50(53)70(62)72/h10-27,30-35H,28-29H2,1-9H3. The van der Waals surface area contributed by atoms with E-state index in [2.05, 4.69) is 217 Å². The molecule has 0 unspecified atom stereocenters. The third kappa shape index (κ3) is 5.25. The zero-order chi connectivity index (χ0) is 50.6. The molecule has 0 fully saturated rings. The van der Waals surface area contributed by atoms with Crippen LogP contribution in [0.3, 0.4) is 0 Å². The van der Waals surface area contributed by atoms with E-state index in [9.17, 15) is 0 Å². The molecule has 0 atom stereocenters. The Morgan fingerprint density at radius 2 is 1.19 bits per heavy atom. The second-order valence-corrected chi connectivity index (χ2v) is 26.5. The van der Waals surface area contributed by atoms with Gasteiger partial charge in [-0.3, -0.25) is 0 Å². The third-order valence-electron chi connectivity index (χ3n) is 19.0. The number of nitrogens with zero attached hydrogens (tertiary/aromatic N) is 2. The summed E-state index contributed by atoms with van der Waals surface area (Å²) >= 11 is 1.96. The summed E-state index contributed by atoms with van der Waals surface area (Å²) in [6.07, 6.45) is 2.36. The summed E-state index contributed by atoms with van der Waals surface area (Å²) in [7, 11) is 0. The van der Waals surface area contributed by atoms with Crippen molar-refractivity contribution in [3.63, 3.8) is 0 Å². The Balaban J connectivity index is 1.10. The molecule has 0 bridgehead atoms. The van der Waals surface area contributed by atoms with E-state index < -0.39 is 0 Å². The van der Waals surface area contributed by atoms with E-state index in [1.807, 2.05) is 11.3 Å². The third-order valence-corrected chi connectivity index (χ3v) is 20.1. The van der Waals surface area contributed by atoms with Gasteiger partial charge in [0, 0.05) is 80.7 Å². The summed E-state index contributed by atoms with van der Waals surface area (Å²) in [5.41, 5.74) is 24.3. The van der Waals surface area contributed by atoms with Crippen LogP contribution in [0.25, 0.3) is 114 Å². The van der Waals surface area contributed by atoms with E-state index in [4.69, 9.17) is 8.83 Å². The van der Waals surface area contributed by atoms with Gasteiger partial charge in [0.2, 0.25) is 0 Å². The highest BCUT2D eigenvalue weighted by Crippen LogP contribution is 2.57. The van der Waals surface area contributed by atoms with Gasteiger partial charge in [0.05, 0.1) is 16.4 Å². The van der Waals surface area contributed by atoms with Crippen molar-refractivity contribution < 1.29 is 8.83 Å². The Morgan fingerprint density at radius 3 is 1.96 bits per heavy atom. The van der Waals surface area contributed by atoms with Crippen molar-refractivity contribution in [1.29, 1.82) is 0 Å². The van der Waals surface area contributed by atoms with E-state index in [1.165, 1.54) is 122 Å². The first-order chi connectivity index (χ1) is 36.1. The van der Waals surface area contributed by atoms with Crippen LogP contribution in [0.15, 0.2) is 154 Å². The number of para-hydroxylation sites is 2. The predicted molar refractivity (Wildman–Crippen MR) is 319 cm³/mol. The molecule has 0 saturated carbocycles. The van der Waals surface area contributed by atoms with E-state index >= 15 is 0 Å². The normalized spacial score (nSPS) is 16.8. The van der Waals surface area contributed by atoms with Gasteiger partial charge in [0.1, 0.15) is 22.3 Å². The molecule has 9 aromatic carbocycles. The van der Waals surface area contributed by atoms with Crippen LogP contribution in [-0.2, 0) is 21.7 Å². The molecule has 2 aliphatic carbocycles. The van der Waals surface area contributed by atoms with Gasteiger partial charge in [-0.1, -0.05) is 141 Å². The minimum Gasteiger partial charge on any atom is -0.455 e. The first-order valence-corrected chi connectivity index (χ1v) is 27.9. The van der Waals surface area contributed by atoms with Crippen molar-refractivity contribution in [2.24, 2.45) is 0 Å². The van der Waals surface area contributed by atoms with Crippen LogP contribution >= 0.6 is 11.3 Å². The van der Waals surface area contributed by atoms with Gasteiger partial charge in [-0.2, -0.15) is 0 Å². The molecule has 0 amide bonds. The van der Waals surface area contributed by atoms with Gasteiger partial charge in [-0.25, -0.2) is 0 Å². The number of furan rings is 2. The van der Waals surface area contributed by atoms with Crippen molar-refractivity contribution in [3.05, 3.63) is 173 Å². The van der Waals surface area contributed by atoms with Gasteiger partial charge in [-0.15, -0.1) is 11.3 Å². The molecule has 2 aliphatic heterocycles. The zero-order valence-corrected chi connectivity index (χ0v) is 44.8. The molecule has 0 saturated heterocycles. The van der Waals surface area contributed by atoms with Crippen molar-refractivity contribution >= 4 is 126 Å². The Labute approximate surface area is 440 Å². The van der Waals surface area contributed by atoms with E-state index in [1.54, 1.807) is 0 Å². The van der Waals surface area contributed by atoms with E-state index in [0.29, 0.717) is 0 Å². The molecular formula is C69H55BN2O2S. The number of thiophene rings is 1. The van der Waals surface area contributed by atoms with Gasteiger partial charge < -0.3 is 18.2 Å². The largest absolute Gasteiger partial charge is 0.455 e. The van der Waals surface area contributed by atoms with Crippen molar-refractivity contribution in [3.8, 4) is 27.9 Å². The molecule has 75 heavy (non-hydrogen) atoms. The lowest BCUT2D eigenvalue weighted by atomic mass is 9.43. The number of benzene rings is 9. The van der Waals surface area contributed by atoms with Gasteiger partial charge >= 0.3 is 6.85 Å². The molecule has 0 radical (unpaired) electrons. The molecule has 13 aromatic rings. The average molecular weight is 987 g/mol. The first kappa shape index (κ1) is 42.8. The Bertz CT molecular complexity index is 4790. The van der Waals surface area contributed by atoms with Crippen molar-refractivity contribution in [2.75, 3.05) is 4.81 Å². The summed E-state index contributed by atoms with van der Waals surface area (Å²) in [6.45, 7) is 21.4. The van der Waals surface area contributed by atoms with Crippen LogP contribution in [0.2, 0.25) is 0 Å². The lowest BCUT2D eigenvalue weighted by Gasteiger charge is -2.42. The lowest BCUT2D eigenvalue weighted by Crippen LogP contribution is -2.60. The zero-order valence-electron chi connectivity index (χ0n) is 44.0. The van der Waals surface area contributed by atoms with Crippen LogP contribution < -0.4 is 15.7 Å². The number of rotatable bonds is 1. The van der Waals surface area contributed by atoms with Gasteiger partial charge in [0.15, 0.2) is 0 Å². The number of hydrogen-bond acceptors (Lipinski definition) is 4. The highest BCUT2D eigenvalue weighted by atomic mass is 32.1. The quantitative estimate of drug-likeness (QED) is 0.154. The maximum atomic E-state index is 7.50. The monoisotopic (exact) mass is 986 g/mol. The molecule has 17 rings (SSSR count). The Kier molecular flexibility index (Phi) is 7.79. The fraction of sp³-hybridized carbons (Fsp3) is 0.217. The van der Waals surface area contributed by atoms with Gasteiger partial charge in [0.25, 0.3) is 0 Å². The van der Waals surface area contributed by atoms with Crippen molar-refractivity contribution in [1.82, 2.24) is 4.57 Å². The summed E-state index contributed by atoms with van der Waals surface area (Å²) < 4.78 is 20.0. The fourth-order valence-corrected chi connectivity index (χ4v) is 16.1. The summed E-state index contributed by atoms with van der Waals surface area (Å²) in [5, 5.41) is 9.51. The first-order valence-electron chi connectivity index (χ1n) is 27.1. The van der Waals surface area contributed by atoms with Crippen LogP contribution in [0.1, 0.15) is 103 Å². The molecule has 362 valence electrons. The number of anilines is 2.